The Bertz CT molecular complexity index is 966. The Kier molecular flexibility index (Phi) is 8.52. The number of hydrogen-bond donors (Lipinski definition) is 3. The number of fused-ring (bicyclic) bond motifs is 1. The van der Waals surface area contributed by atoms with Crippen LogP contribution in [0.15, 0.2) is 42.5 Å². The summed E-state index contributed by atoms with van der Waals surface area (Å²) < 4.78 is 0. The molecule has 1 saturated heterocycles. The van der Waals surface area contributed by atoms with E-state index in [9.17, 15) is 14.7 Å². The second kappa shape index (κ2) is 12.0. The standard InChI is InChI=1S/C27H36N4O3/c32-25(33)18-24(20-8-2-1-3-9-20)30-27(34)22-11-7-17-31(19-22)16-5-4-12-23-14-13-21-10-6-15-28-26(21)29-23/h1-3,8-9,13-14,22,24H,4-7,10-12,15-19H2,(H,28,29)(H,30,34)(H,32,33)/t22-,24+/m1/s1. The number of carboxylic acid groups (broad SMARTS) is 1. The highest BCUT2D eigenvalue weighted by Gasteiger charge is 2.28. The third kappa shape index (κ3) is 6.79. The van der Waals surface area contributed by atoms with Crippen molar-refractivity contribution in [2.45, 2.75) is 57.4 Å². The molecule has 3 N–H and O–H groups in total. The number of carbonyl (C=O) groups is 2. The van der Waals surface area contributed by atoms with Crippen LogP contribution in [0.25, 0.3) is 0 Å². The van der Waals surface area contributed by atoms with E-state index in [-0.39, 0.29) is 18.2 Å². The van der Waals surface area contributed by atoms with E-state index in [1.165, 1.54) is 12.0 Å². The monoisotopic (exact) mass is 464 g/mol. The smallest absolute Gasteiger partial charge is 0.305 e. The molecule has 4 rings (SSSR count). The second-order valence-corrected chi connectivity index (χ2v) is 9.51. The Morgan fingerprint density at radius 2 is 2.00 bits per heavy atom. The van der Waals surface area contributed by atoms with Crippen LogP contribution in [0.2, 0.25) is 0 Å². The topological polar surface area (TPSA) is 94.6 Å². The van der Waals surface area contributed by atoms with E-state index < -0.39 is 12.0 Å². The van der Waals surface area contributed by atoms with Gasteiger partial charge in [-0.2, -0.15) is 0 Å². The first-order valence-corrected chi connectivity index (χ1v) is 12.6. The van der Waals surface area contributed by atoms with Gasteiger partial charge in [-0.3, -0.25) is 9.59 Å². The number of nitrogens with zero attached hydrogens (tertiary/aromatic N) is 2. The van der Waals surface area contributed by atoms with Gasteiger partial charge in [-0.1, -0.05) is 36.4 Å². The number of pyridine rings is 1. The van der Waals surface area contributed by atoms with Gasteiger partial charge in [0.15, 0.2) is 0 Å². The van der Waals surface area contributed by atoms with Crippen molar-refractivity contribution >= 4 is 17.7 Å². The molecule has 0 spiro atoms. The molecule has 0 radical (unpaired) electrons. The van der Waals surface area contributed by atoms with Crippen molar-refractivity contribution in [2.24, 2.45) is 5.92 Å². The Morgan fingerprint density at radius 3 is 2.82 bits per heavy atom. The van der Waals surface area contributed by atoms with Gasteiger partial charge >= 0.3 is 5.97 Å². The minimum Gasteiger partial charge on any atom is -0.481 e. The van der Waals surface area contributed by atoms with Crippen LogP contribution in [-0.4, -0.2) is 53.0 Å². The van der Waals surface area contributed by atoms with Crippen LogP contribution >= 0.6 is 0 Å². The Balaban J connectivity index is 1.23. The lowest BCUT2D eigenvalue weighted by Gasteiger charge is -2.33. The SMILES string of the molecule is O=C(O)C[C@H](NC(=O)[C@@H]1CCCN(CCCCc2ccc3c(n2)NCCC3)C1)c1ccccc1. The van der Waals surface area contributed by atoms with Crippen molar-refractivity contribution in [1.29, 1.82) is 0 Å². The number of carboxylic acids is 1. The van der Waals surface area contributed by atoms with Crippen LogP contribution in [0.5, 0.6) is 0 Å². The molecule has 0 aliphatic carbocycles. The van der Waals surface area contributed by atoms with Gasteiger partial charge in [0.1, 0.15) is 5.82 Å². The van der Waals surface area contributed by atoms with Crippen molar-refractivity contribution in [1.82, 2.24) is 15.2 Å². The second-order valence-electron chi connectivity index (χ2n) is 9.51. The number of aryl methyl sites for hydroxylation is 2. The first kappa shape index (κ1) is 24.2. The summed E-state index contributed by atoms with van der Waals surface area (Å²) in [5, 5.41) is 15.7. The molecule has 1 aromatic heterocycles. The number of piperidine rings is 1. The maximum atomic E-state index is 13.0. The molecule has 1 aromatic carbocycles. The highest BCUT2D eigenvalue weighted by Crippen LogP contribution is 2.23. The highest BCUT2D eigenvalue weighted by molar-refractivity contribution is 5.80. The van der Waals surface area contributed by atoms with Crippen LogP contribution in [0, 0.1) is 5.92 Å². The normalized spacial score (nSPS) is 19.0. The summed E-state index contributed by atoms with van der Waals surface area (Å²) in [6.45, 7) is 3.74. The molecule has 182 valence electrons. The molecule has 3 heterocycles. The average Bonchev–Trinajstić information content (AvgIpc) is 2.86. The zero-order valence-electron chi connectivity index (χ0n) is 19.8. The van der Waals surface area contributed by atoms with Crippen LogP contribution in [0.1, 0.15) is 61.4 Å². The summed E-state index contributed by atoms with van der Waals surface area (Å²) >= 11 is 0. The fraction of sp³-hybridized carbons (Fsp3) is 0.519. The summed E-state index contributed by atoms with van der Waals surface area (Å²) in [6.07, 6.45) is 7.14. The van der Waals surface area contributed by atoms with Crippen LogP contribution in [0.4, 0.5) is 5.82 Å². The molecule has 7 nitrogen and oxygen atoms in total. The molecule has 0 bridgehead atoms. The van der Waals surface area contributed by atoms with Gasteiger partial charge in [0.05, 0.1) is 18.4 Å². The predicted molar refractivity (Wildman–Crippen MR) is 133 cm³/mol. The van der Waals surface area contributed by atoms with Gasteiger partial charge in [0, 0.05) is 18.8 Å². The fourth-order valence-corrected chi connectivity index (χ4v) is 5.02. The number of likely N-dealkylation sites (tertiary alicyclic amines) is 1. The molecule has 2 atom stereocenters. The molecule has 7 heteroatoms. The number of nitrogens with one attached hydrogen (secondary N) is 2. The zero-order chi connectivity index (χ0) is 23.8. The van der Waals surface area contributed by atoms with Gasteiger partial charge in [0.2, 0.25) is 5.91 Å². The molecular weight excluding hydrogens is 428 g/mol. The van der Waals surface area contributed by atoms with Crippen LogP contribution in [0.3, 0.4) is 0 Å². The van der Waals surface area contributed by atoms with Gasteiger partial charge < -0.3 is 20.6 Å². The minimum atomic E-state index is -0.913. The third-order valence-electron chi connectivity index (χ3n) is 6.88. The lowest BCUT2D eigenvalue weighted by molar-refractivity contribution is -0.138. The molecule has 0 unspecified atom stereocenters. The number of rotatable bonds is 10. The lowest BCUT2D eigenvalue weighted by Crippen LogP contribution is -2.44. The summed E-state index contributed by atoms with van der Waals surface area (Å²) in [4.78, 5) is 31.5. The number of carbonyl (C=O) groups excluding carboxylic acids is 1. The molecule has 2 aliphatic heterocycles. The molecule has 34 heavy (non-hydrogen) atoms. The van der Waals surface area contributed by atoms with E-state index in [4.69, 9.17) is 4.98 Å². The van der Waals surface area contributed by atoms with Crippen molar-refractivity contribution in [3.63, 3.8) is 0 Å². The van der Waals surface area contributed by atoms with Crippen molar-refractivity contribution < 1.29 is 14.7 Å². The Hall–Kier alpha value is -2.93. The van der Waals surface area contributed by atoms with E-state index in [0.717, 1.165) is 81.8 Å². The van der Waals surface area contributed by atoms with Crippen LogP contribution in [-0.2, 0) is 22.4 Å². The van der Waals surface area contributed by atoms with Gasteiger partial charge in [-0.25, -0.2) is 4.98 Å². The van der Waals surface area contributed by atoms with Crippen molar-refractivity contribution in [3.8, 4) is 0 Å². The van der Waals surface area contributed by atoms with Gasteiger partial charge in [-0.15, -0.1) is 0 Å². The Labute approximate surface area is 202 Å². The largest absolute Gasteiger partial charge is 0.481 e. The first-order chi connectivity index (χ1) is 16.6. The van der Waals surface area contributed by atoms with E-state index in [0.29, 0.717) is 0 Å². The maximum Gasteiger partial charge on any atom is 0.305 e. The number of amides is 1. The lowest BCUT2D eigenvalue weighted by atomic mass is 9.95. The highest BCUT2D eigenvalue weighted by atomic mass is 16.4. The summed E-state index contributed by atoms with van der Waals surface area (Å²) in [5.74, 6) is 0.0154. The predicted octanol–water partition coefficient (Wildman–Crippen LogP) is 3.81. The van der Waals surface area contributed by atoms with E-state index >= 15 is 0 Å². The maximum absolute atomic E-state index is 13.0. The summed E-state index contributed by atoms with van der Waals surface area (Å²) in [7, 11) is 0. The number of anilines is 1. The molecule has 1 amide bonds. The van der Waals surface area contributed by atoms with Crippen molar-refractivity contribution in [2.75, 3.05) is 31.5 Å². The minimum absolute atomic E-state index is 0.0365. The molecule has 2 aromatic rings. The molecule has 1 fully saturated rings. The van der Waals surface area contributed by atoms with Gasteiger partial charge in [-0.05, 0) is 75.2 Å². The average molecular weight is 465 g/mol. The molecule has 0 saturated carbocycles. The first-order valence-electron chi connectivity index (χ1n) is 12.6. The van der Waals surface area contributed by atoms with E-state index in [2.05, 4.69) is 27.7 Å². The van der Waals surface area contributed by atoms with Crippen LogP contribution < -0.4 is 10.6 Å². The number of unbranched alkanes of at least 4 members (excludes halogenated alkanes) is 1. The quantitative estimate of drug-likeness (QED) is 0.463. The summed E-state index contributed by atoms with van der Waals surface area (Å²) in [5.41, 5.74) is 3.30. The summed E-state index contributed by atoms with van der Waals surface area (Å²) in [6, 6.07) is 13.2. The number of aromatic nitrogens is 1. The molecule has 2 aliphatic rings. The third-order valence-corrected chi connectivity index (χ3v) is 6.88. The fourth-order valence-electron chi connectivity index (χ4n) is 5.02. The zero-order valence-corrected chi connectivity index (χ0v) is 19.8. The molecular formula is C27H36N4O3. The van der Waals surface area contributed by atoms with Crippen molar-refractivity contribution in [3.05, 3.63) is 59.3 Å². The number of hydrogen-bond acceptors (Lipinski definition) is 5. The van der Waals surface area contributed by atoms with Gasteiger partial charge in [0.25, 0.3) is 0 Å². The van der Waals surface area contributed by atoms with E-state index in [1.54, 1.807) is 0 Å². The Morgan fingerprint density at radius 1 is 1.15 bits per heavy atom. The number of benzene rings is 1. The number of aliphatic carboxylic acids is 1. The van der Waals surface area contributed by atoms with E-state index in [1.807, 2.05) is 30.3 Å².